The highest BCUT2D eigenvalue weighted by Gasteiger charge is 2.44. The first kappa shape index (κ1) is 15.6. The number of nitrogens with one attached hydrogen (secondary N) is 1. The molecule has 1 amide bonds. The van der Waals surface area contributed by atoms with E-state index >= 15 is 0 Å². The topological polar surface area (TPSA) is 84.9 Å². The lowest BCUT2D eigenvalue weighted by molar-refractivity contribution is -0.148. The van der Waals surface area contributed by atoms with E-state index in [0.29, 0.717) is 25.0 Å². The van der Waals surface area contributed by atoms with Gasteiger partial charge in [0.05, 0.1) is 13.0 Å². The van der Waals surface area contributed by atoms with Crippen molar-refractivity contribution in [2.45, 2.75) is 37.6 Å². The molecule has 1 heterocycles. The molecule has 0 saturated heterocycles. The van der Waals surface area contributed by atoms with Gasteiger partial charge in [-0.25, -0.2) is 4.79 Å². The van der Waals surface area contributed by atoms with E-state index in [1.54, 1.807) is 7.11 Å². The number of carbonyl (C=O) groups excluding carboxylic acids is 1. The van der Waals surface area contributed by atoms with Crippen LogP contribution in [0.5, 0.6) is 11.5 Å². The number of methoxy groups -OCH3 is 1. The number of hydrogen-bond donors (Lipinski definition) is 2. The van der Waals surface area contributed by atoms with Crippen LogP contribution in [0.15, 0.2) is 18.2 Å². The quantitative estimate of drug-likeness (QED) is 0.883. The largest absolute Gasteiger partial charge is 0.497 e. The number of amides is 1. The van der Waals surface area contributed by atoms with Gasteiger partial charge in [-0.2, -0.15) is 0 Å². The van der Waals surface area contributed by atoms with E-state index in [0.717, 1.165) is 24.2 Å². The highest BCUT2D eigenvalue weighted by Crippen LogP contribution is 2.33. The molecule has 0 spiro atoms. The standard InChI is InChI=1S/C17H21NO5/c1-22-13-4-5-14-11(9-13)8-12(10-23-14)15(19)18-17(16(20)21)6-2-3-7-17/h4-5,9,12H,2-3,6-8,10H2,1H3,(H,18,19)(H,20,21). The van der Waals surface area contributed by atoms with E-state index in [9.17, 15) is 14.7 Å². The van der Waals surface area contributed by atoms with Gasteiger partial charge >= 0.3 is 5.97 Å². The van der Waals surface area contributed by atoms with Crippen molar-refractivity contribution >= 4 is 11.9 Å². The molecule has 2 aliphatic rings. The monoisotopic (exact) mass is 319 g/mol. The Morgan fingerprint density at radius 3 is 2.74 bits per heavy atom. The lowest BCUT2D eigenvalue weighted by atomic mass is 9.92. The first-order chi connectivity index (χ1) is 11.0. The van der Waals surface area contributed by atoms with Gasteiger partial charge in [0.2, 0.25) is 5.91 Å². The summed E-state index contributed by atoms with van der Waals surface area (Å²) in [6.07, 6.45) is 3.16. The molecule has 1 aliphatic heterocycles. The van der Waals surface area contributed by atoms with Gasteiger partial charge in [-0.1, -0.05) is 12.8 Å². The maximum atomic E-state index is 12.5. The molecule has 124 valence electrons. The number of aliphatic carboxylic acids is 1. The summed E-state index contributed by atoms with van der Waals surface area (Å²) in [6.45, 7) is 0.265. The molecule has 1 atom stereocenters. The van der Waals surface area contributed by atoms with Crippen LogP contribution in [0.3, 0.4) is 0 Å². The zero-order valence-electron chi connectivity index (χ0n) is 13.1. The van der Waals surface area contributed by atoms with Crippen LogP contribution in [-0.4, -0.2) is 36.2 Å². The van der Waals surface area contributed by atoms with Crippen LogP contribution in [0.25, 0.3) is 0 Å². The van der Waals surface area contributed by atoms with E-state index in [1.165, 1.54) is 0 Å². The average molecular weight is 319 g/mol. The van der Waals surface area contributed by atoms with Crippen LogP contribution in [-0.2, 0) is 16.0 Å². The van der Waals surface area contributed by atoms with Gasteiger partial charge in [0, 0.05) is 0 Å². The molecule has 6 heteroatoms. The Balaban J connectivity index is 1.72. The van der Waals surface area contributed by atoms with Crippen molar-refractivity contribution < 1.29 is 24.2 Å². The van der Waals surface area contributed by atoms with Crippen LogP contribution >= 0.6 is 0 Å². The predicted molar refractivity (Wildman–Crippen MR) is 82.7 cm³/mol. The van der Waals surface area contributed by atoms with Crippen molar-refractivity contribution in [2.75, 3.05) is 13.7 Å². The second kappa shape index (κ2) is 6.10. The molecule has 1 saturated carbocycles. The van der Waals surface area contributed by atoms with Gasteiger partial charge in [-0.3, -0.25) is 4.79 Å². The number of carboxylic acid groups (broad SMARTS) is 1. The zero-order chi connectivity index (χ0) is 16.4. The molecule has 0 aromatic heterocycles. The third kappa shape index (κ3) is 2.98. The summed E-state index contributed by atoms with van der Waals surface area (Å²) in [5.41, 5.74) is -0.197. The summed E-state index contributed by atoms with van der Waals surface area (Å²) in [6, 6.07) is 5.51. The second-order valence-corrected chi connectivity index (χ2v) is 6.27. The molecule has 1 aromatic carbocycles. The van der Waals surface area contributed by atoms with Crippen LogP contribution in [0.2, 0.25) is 0 Å². The van der Waals surface area contributed by atoms with E-state index < -0.39 is 11.5 Å². The Hall–Kier alpha value is -2.24. The molecule has 2 N–H and O–H groups in total. The lowest BCUT2D eigenvalue weighted by Gasteiger charge is -2.30. The summed E-state index contributed by atoms with van der Waals surface area (Å²) >= 11 is 0. The summed E-state index contributed by atoms with van der Waals surface area (Å²) in [7, 11) is 1.59. The highest BCUT2D eigenvalue weighted by atomic mass is 16.5. The molecule has 0 radical (unpaired) electrons. The minimum Gasteiger partial charge on any atom is -0.497 e. The van der Waals surface area contributed by atoms with Crippen molar-refractivity contribution in [1.29, 1.82) is 0 Å². The Bertz CT molecular complexity index is 621. The number of rotatable bonds is 4. The average Bonchev–Trinajstić information content (AvgIpc) is 3.03. The van der Waals surface area contributed by atoms with Gasteiger partial charge in [0.1, 0.15) is 23.6 Å². The van der Waals surface area contributed by atoms with E-state index in [1.807, 2.05) is 18.2 Å². The highest BCUT2D eigenvalue weighted by molar-refractivity contribution is 5.88. The van der Waals surface area contributed by atoms with E-state index in [4.69, 9.17) is 9.47 Å². The number of ether oxygens (including phenoxy) is 2. The SMILES string of the molecule is COc1ccc2c(c1)CC(C(=O)NC1(C(=O)O)CCCC1)CO2. The summed E-state index contributed by atoms with van der Waals surface area (Å²) in [4.78, 5) is 24.1. The van der Waals surface area contributed by atoms with Crippen molar-refractivity contribution in [3.8, 4) is 11.5 Å². The molecule has 1 aliphatic carbocycles. The molecule has 1 aromatic rings. The molecular formula is C17H21NO5. The summed E-state index contributed by atoms with van der Waals surface area (Å²) in [5, 5.41) is 12.2. The minimum absolute atomic E-state index is 0.247. The Morgan fingerprint density at radius 2 is 2.09 bits per heavy atom. The van der Waals surface area contributed by atoms with Crippen LogP contribution in [0.1, 0.15) is 31.2 Å². The number of carboxylic acids is 1. The summed E-state index contributed by atoms with van der Waals surface area (Å²) in [5.74, 6) is -0.105. The van der Waals surface area contributed by atoms with Crippen molar-refractivity contribution in [3.05, 3.63) is 23.8 Å². The van der Waals surface area contributed by atoms with E-state index in [-0.39, 0.29) is 18.4 Å². The zero-order valence-corrected chi connectivity index (χ0v) is 13.1. The lowest BCUT2D eigenvalue weighted by Crippen LogP contribution is -2.55. The maximum absolute atomic E-state index is 12.5. The fraction of sp³-hybridized carbons (Fsp3) is 0.529. The fourth-order valence-electron chi connectivity index (χ4n) is 3.38. The number of fused-ring (bicyclic) bond motifs is 1. The Morgan fingerprint density at radius 1 is 1.35 bits per heavy atom. The number of carbonyl (C=O) groups is 2. The Kier molecular flexibility index (Phi) is 4.15. The predicted octanol–water partition coefficient (Wildman–Crippen LogP) is 1.76. The van der Waals surface area contributed by atoms with E-state index in [2.05, 4.69) is 5.32 Å². The third-order valence-electron chi connectivity index (χ3n) is 4.77. The summed E-state index contributed by atoms with van der Waals surface area (Å²) < 4.78 is 10.8. The van der Waals surface area contributed by atoms with Crippen LogP contribution in [0.4, 0.5) is 0 Å². The molecule has 23 heavy (non-hydrogen) atoms. The molecule has 3 rings (SSSR count). The molecule has 0 bridgehead atoms. The second-order valence-electron chi connectivity index (χ2n) is 6.27. The van der Waals surface area contributed by atoms with Gasteiger partial charge in [0.15, 0.2) is 0 Å². The first-order valence-electron chi connectivity index (χ1n) is 7.89. The normalized spacial score (nSPS) is 21.9. The smallest absolute Gasteiger partial charge is 0.329 e. The minimum atomic E-state index is -1.11. The maximum Gasteiger partial charge on any atom is 0.329 e. The Labute approximate surface area is 134 Å². The molecular weight excluding hydrogens is 298 g/mol. The van der Waals surface area contributed by atoms with Crippen molar-refractivity contribution in [1.82, 2.24) is 5.32 Å². The number of hydrogen-bond acceptors (Lipinski definition) is 4. The first-order valence-corrected chi connectivity index (χ1v) is 7.89. The van der Waals surface area contributed by atoms with Gasteiger partial charge in [-0.05, 0) is 43.0 Å². The number of benzene rings is 1. The third-order valence-corrected chi connectivity index (χ3v) is 4.77. The van der Waals surface area contributed by atoms with Gasteiger partial charge in [0.25, 0.3) is 0 Å². The molecule has 1 unspecified atom stereocenters. The molecule has 1 fully saturated rings. The van der Waals surface area contributed by atoms with Crippen LogP contribution in [0, 0.1) is 5.92 Å². The van der Waals surface area contributed by atoms with Crippen molar-refractivity contribution in [2.24, 2.45) is 5.92 Å². The van der Waals surface area contributed by atoms with Gasteiger partial charge in [-0.15, -0.1) is 0 Å². The van der Waals surface area contributed by atoms with Crippen molar-refractivity contribution in [3.63, 3.8) is 0 Å². The van der Waals surface area contributed by atoms with Crippen LogP contribution < -0.4 is 14.8 Å². The molecule has 6 nitrogen and oxygen atoms in total. The van der Waals surface area contributed by atoms with Gasteiger partial charge < -0.3 is 19.9 Å². The fourth-order valence-corrected chi connectivity index (χ4v) is 3.38.